The molecule has 0 bridgehead atoms. The quantitative estimate of drug-likeness (QED) is 0.111. The van der Waals surface area contributed by atoms with Crippen molar-refractivity contribution in [2.24, 2.45) is 0 Å². The number of benzene rings is 4. The van der Waals surface area contributed by atoms with Crippen LogP contribution in [0.25, 0.3) is 0 Å². The van der Waals surface area contributed by atoms with Crippen LogP contribution in [0, 0.1) is 5.41 Å². The highest BCUT2D eigenvalue weighted by Crippen LogP contribution is 2.32. The van der Waals surface area contributed by atoms with Crippen molar-refractivity contribution >= 4 is 23.7 Å². The Kier molecular flexibility index (Phi) is 10.4. The van der Waals surface area contributed by atoms with Crippen molar-refractivity contribution in [3.05, 3.63) is 143 Å². The molecule has 0 aliphatic carbocycles. The Hall–Kier alpha value is -5.37. The molecule has 4 aromatic rings. The monoisotopic (exact) mass is 630 g/mol. The lowest BCUT2D eigenvalue weighted by molar-refractivity contribution is -0.117. The van der Waals surface area contributed by atoms with Gasteiger partial charge in [-0.15, -0.1) is 0 Å². The van der Waals surface area contributed by atoms with E-state index >= 15 is 0 Å². The fraction of sp³-hybridized carbons (Fsp3) is 0.256. The summed E-state index contributed by atoms with van der Waals surface area (Å²) < 4.78 is 12.2. The summed E-state index contributed by atoms with van der Waals surface area (Å²) in [6.07, 6.45) is 0.564. The van der Waals surface area contributed by atoms with Gasteiger partial charge in [0.05, 0.1) is 12.7 Å². The van der Waals surface area contributed by atoms with E-state index < -0.39 is 12.0 Å². The van der Waals surface area contributed by atoms with Crippen LogP contribution in [0.3, 0.4) is 0 Å². The van der Waals surface area contributed by atoms with Crippen molar-refractivity contribution in [2.75, 3.05) is 38.6 Å². The highest BCUT2D eigenvalue weighted by Gasteiger charge is 2.31. The minimum absolute atomic E-state index is 0.0286. The first-order valence-electron chi connectivity index (χ1n) is 15.8. The molecule has 0 spiro atoms. The standard InChI is InChI=1S/C39H42N4O4/c1-39(2,3)30-20-21-34(46-4)32(26-30)38(45)43-24-22-42(23-25-43)33(27-40)36(37(44)41-31-18-12-7-13-19-31)47-35(28-14-8-5-9-15-28)29-16-10-6-11-17-29/h5-21,26-27,35,40H,22-25H2,1-4H3,(H,41,44)/b36-33-,40-27?. The molecule has 242 valence electrons. The van der Waals surface area contributed by atoms with Gasteiger partial charge in [-0.25, -0.2) is 0 Å². The molecule has 1 heterocycles. The van der Waals surface area contributed by atoms with Crippen molar-refractivity contribution in [3.63, 3.8) is 0 Å². The highest BCUT2D eigenvalue weighted by atomic mass is 16.5. The maximum atomic E-state index is 14.0. The number of anilines is 1. The van der Waals surface area contributed by atoms with Crippen LogP contribution in [-0.4, -0.2) is 61.1 Å². The van der Waals surface area contributed by atoms with E-state index in [0.29, 0.717) is 48.9 Å². The lowest BCUT2D eigenvalue weighted by Crippen LogP contribution is -2.49. The third-order valence-electron chi connectivity index (χ3n) is 8.25. The summed E-state index contributed by atoms with van der Waals surface area (Å²) in [5.41, 5.74) is 4.14. The fourth-order valence-electron chi connectivity index (χ4n) is 5.60. The third-order valence-corrected chi connectivity index (χ3v) is 8.25. The first-order valence-corrected chi connectivity index (χ1v) is 15.8. The van der Waals surface area contributed by atoms with Gasteiger partial charge in [-0.2, -0.15) is 0 Å². The molecule has 0 aromatic heterocycles. The lowest BCUT2D eigenvalue weighted by atomic mass is 9.86. The number of carbonyl (C=O) groups is 2. The largest absolute Gasteiger partial charge is 0.496 e. The van der Waals surface area contributed by atoms with Crippen LogP contribution in [0.5, 0.6) is 5.75 Å². The zero-order valence-electron chi connectivity index (χ0n) is 27.4. The number of nitrogens with zero attached hydrogens (tertiary/aromatic N) is 2. The number of para-hydroxylation sites is 1. The molecule has 2 amide bonds. The number of piperazine rings is 1. The number of rotatable bonds is 10. The molecular formula is C39H42N4O4. The molecule has 1 aliphatic rings. The van der Waals surface area contributed by atoms with Gasteiger partial charge in [-0.3, -0.25) is 9.59 Å². The number of carbonyl (C=O) groups excluding carboxylic acids is 2. The van der Waals surface area contributed by atoms with Crippen molar-refractivity contribution in [1.82, 2.24) is 9.80 Å². The minimum Gasteiger partial charge on any atom is -0.496 e. The van der Waals surface area contributed by atoms with Crippen LogP contribution in [0.4, 0.5) is 5.69 Å². The summed E-state index contributed by atoms with van der Waals surface area (Å²) in [5, 5.41) is 11.4. The van der Waals surface area contributed by atoms with E-state index in [4.69, 9.17) is 14.9 Å². The summed E-state index contributed by atoms with van der Waals surface area (Å²) in [6, 6.07) is 34.4. The molecule has 2 N–H and O–H groups in total. The smallest absolute Gasteiger partial charge is 0.293 e. The Morgan fingerprint density at radius 3 is 1.83 bits per heavy atom. The molecule has 4 aromatic carbocycles. The zero-order valence-corrected chi connectivity index (χ0v) is 27.4. The molecule has 8 heteroatoms. The number of hydrogen-bond donors (Lipinski definition) is 2. The van der Waals surface area contributed by atoms with E-state index in [0.717, 1.165) is 16.7 Å². The van der Waals surface area contributed by atoms with Gasteiger partial charge in [-0.1, -0.05) is 106 Å². The summed E-state index contributed by atoms with van der Waals surface area (Å²) in [4.78, 5) is 31.5. The SMILES string of the molecule is COc1ccc(C(C)(C)C)cc1C(=O)N1CCN(/C(C=N)=C(\OC(c2ccccc2)c2ccccc2)C(=O)Nc2ccccc2)CC1. The number of ether oxygens (including phenoxy) is 2. The van der Waals surface area contributed by atoms with Crippen LogP contribution in [0.1, 0.15) is 53.9 Å². The Labute approximate surface area is 277 Å². The van der Waals surface area contributed by atoms with Gasteiger partial charge in [0.2, 0.25) is 5.76 Å². The highest BCUT2D eigenvalue weighted by molar-refractivity contribution is 6.05. The summed E-state index contributed by atoms with van der Waals surface area (Å²) in [5.74, 6) is -0.0131. The number of amides is 2. The first-order chi connectivity index (χ1) is 22.7. The van der Waals surface area contributed by atoms with Gasteiger partial charge in [-0.05, 0) is 46.4 Å². The van der Waals surface area contributed by atoms with Crippen molar-refractivity contribution in [2.45, 2.75) is 32.3 Å². The van der Waals surface area contributed by atoms with Crippen LogP contribution < -0.4 is 10.1 Å². The molecular weight excluding hydrogens is 588 g/mol. The van der Waals surface area contributed by atoms with Gasteiger partial charge >= 0.3 is 0 Å². The maximum absolute atomic E-state index is 14.0. The van der Waals surface area contributed by atoms with Crippen molar-refractivity contribution < 1.29 is 19.1 Å². The van der Waals surface area contributed by atoms with Gasteiger partial charge in [0.15, 0.2) is 0 Å². The molecule has 1 fully saturated rings. The second kappa shape index (κ2) is 14.8. The molecule has 0 radical (unpaired) electrons. The summed E-state index contributed by atoms with van der Waals surface area (Å²) >= 11 is 0. The van der Waals surface area contributed by atoms with Gasteiger partial charge in [0.1, 0.15) is 17.6 Å². The Balaban J connectivity index is 1.46. The zero-order chi connectivity index (χ0) is 33.4. The van der Waals surface area contributed by atoms with Crippen molar-refractivity contribution in [3.8, 4) is 5.75 Å². The topological polar surface area (TPSA) is 95.0 Å². The van der Waals surface area contributed by atoms with E-state index in [-0.39, 0.29) is 17.1 Å². The molecule has 8 nitrogen and oxygen atoms in total. The predicted octanol–water partition coefficient (Wildman–Crippen LogP) is 7.06. The molecule has 5 rings (SSSR count). The molecule has 1 aliphatic heterocycles. The minimum atomic E-state index is -0.603. The number of hydrogen-bond acceptors (Lipinski definition) is 6. The number of methoxy groups -OCH3 is 1. The first kappa shape index (κ1) is 33.0. The molecule has 47 heavy (non-hydrogen) atoms. The summed E-state index contributed by atoms with van der Waals surface area (Å²) in [7, 11) is 1.57. The average molecular weight is 631 g/mol. The maximum Gasteiger partial charge on any atom is 0.293 e. The molecule has 0 unspecified atom stereocenters. The average Bonchev–Trinajstić information content (AvgIpc) is 3.10. The van der Waals surface area contributed by atoms with E-state index in [2.05, 4.69) is 26.1 Å². The molecule has 0 saturated carbocycles. The van der Waals surface area contributed by atoms with Crippen LogP contribution in [-0.2, 0) is 14.9 Å². The van der Waals surface area contributed by atoms with Gasteiger partial charge < -0.3 is 30.0 Å². The number of nitrogens with one attached hydrogen (secondary N) is 2. The Bertz CT molecular complexity index is 1670. The third kappa shape index (κ3) is 7.90. The van der Waals surface area contributed by atoms with Crippen LogP contribution >= 0.6 is 0 Å². The summed E-state index contributed by atoms with van der Waals surface area (Å²) in [6.45, 7) is 7.94. The van der Waals surface area contributed by atoms with E-state index in [1.165, 1.54) is 6.21 Å². The Morgan fingerprint density at radius 1 is 0.787 bits per heavy atom. The second-order valence-electron chi connectivity index (χ2n) is 12.4. The van der Waals surface area contributed by atoms with Crippen LogP contribution in [0.2, 0.25) is 0 Å². The van der Waals surface area contributed by atoms with Gasteiger partial charge in [0, 0.05) is 38.1 Å². The lowest BCUT2D eigenvalue weighted by Gasteiger charge is -2.37. The Morgan fingerprint density at radius 2 is 1.32 bits per heavy atom. The fourth-order valence-corrected chi connectivity index (χ4v) is 5.60. The predicted molar refractivity (Wildman–Crippen MR) is 186 cm³/mol. The van der Waals surface area contributed by atoms with E-state index in [1.807, 2.05) is 102 Å². The number of allylic oxidation sites excluding steroid dienone is 1. The molecule has 0 atom stereocenters. The normalized spacial score (nSPS) is 13.9. The van der Waals surface area contributed by atoms with Gasteiger partial charge in [0.25, 0.3) is 11.8 Å². The second-order valence-corrected chi connectivity index (χ2v) is 12.4. The van der Waals surface area contributed by atoms with Crippen LogP contribution in [0.15, 0.2) is 121 Å². The van der Waals surface area contributed by atoms with E-state index in [1.54, 1.807) is 24.1 Å². The van der Waals surface area contributed by atoms with E-state index in [9.17, 15) is 9.59 Å². The van der Waals surface area contributed by atoms with Crippen molar-refractivity contribution in [1.29, 1.82) is 5.41 Å². The molecule has 1 saturated heterocycles.